The summed E-state index contributed by atoms with van der Waals surface area (Å²) in [5.74, 6) is 0. The van der Waals surface area contributed by atoms with Crippen molar-refractivity contribution in [2.45, 2.75) is 63.9 Å². The standard InChI is InChI=1S/C31H36N2O5/c1-22(23-11-13-24(14-12-23)25-15-17-32(27(34)19-25)21-30(4,5)37)33-18-16-31(38-28(33)35,20-29(2,3)36)26-9-7-6-8-10-26/h6-15,17,19,36-37H,1,16,18,20-21H2,2-5H3/t31-/m0/s1. The van der Waals surface area contributed by atoms with Crippen LogP contribution in [-0.2, 0) is 16.9 Å². The Labute approximate surface area is 223 Å². The molecule has 1 atom stereocenters. The third-order valence-corrected chi connectivity index (χ3v) is 6.69. The van der Waals surface area contributed by atoms with Gasteiger partial charge in [0.1, 0.15) is 5.60 Å². The summed E-state index contributed by atoms with van der Waals surface area (Å²) in [6, 6.07) is 20.4. The zero-order chi connectivity index (χ0) is 27.7. The Bertz CT molecular complexity index is 1360. The van der Waals surface area contributed by atoms with Gasteiger partial charge in [-0.25, -0.2) is 4.79 Å². The fraction of sp³-hybridized carbons (Fsp3) is 0.355. The lowest BCUT2D eigenvalue weighted by Gasteiger charge is -2.44. The Kier molecular flexibility index (Phi) is 7.37. The minimum atomic E-state index is -1.03. The van der Waals surface area contributed by atoms with E-state index in [1.165, 1.54) is 9.47 Å². The number of aliphatic hydroxyl groups is 2. The van der Waals surface area contributed by atoms with Gasteiger partial charge in [0.15, 0.2) is 0 Å². The number of benzene rings is 2. The SMILES string of the molecule is C=C(c1ccc(-c2ccn(CC(C)(C)O)c(=O)c2)cc1)N1CC[C@](CC(C)(C)O)(c2ccccc2)OC1=O. The minimum Gasteiger partial charge on any atom is -0.437 e. The van der Waals surface area contributed by atoms with Crippen molar-refractivity contribution in [3.8, 4) is 11.1 Å². The van der Waals surface area contributed by atoms with Gasteiger partial charge in [0.05, 0.1) is 17.7 Å². The fourth-order valence-electron chi connectivity index (χ4n) is 5.02. The third kappa shape index (κ3) is 6.23. The highest BCUT2D eigenvalue weighted by Crippen LogP contribution is 2.42. The van der Waals surface area contributed by atoms with Crippen LogP contribution >= 0.6 is 0 Å². The van der Waals surface area contributed by atoms with Crippen molar-refractivity contribution >= 4 is 11.8 Å². The van der Waals surface area contributed by atoms with Crippen LogP contribution < -0.4 is 5.56 Å². The number of nitrogens with zero attached hydrogens (tertiary/aromatic N) is 2. The Morgan fingerprint density at radius 3 is 2.16 bits per heavy atom. The maximum Gasteiger partial charge on any atom is 0.415 e. The predicted molar refractivity (Wildman–Crippen MR) is 148 cm³/mol. The van der Waals surface area contributed by atoms with Crippen LogP contribution in [0.4, 0.5) is 4.79 Å². The predicted octanol–water partition coefficient (Wildman–Crippen LogP) is 5.16. The first-order valence-electron chi connectivity index (χ1n) is 12.8. The Morgan fingerprint density at radius 2 is 1.61 bits per heavy atom. The molecule has 1 saturated heterocycles. The molecule has 1 fully saturated rings. The van der Waals surface area contributed by atoms with E-state index < -0.39 is 22.9 Å². The number of ether oxygens (including phenoxy) is 1. The van der Waals surface area contributed by atoms with E-state index in [1.807, 2.05) is 60.7 Å². The van der Waals surface area contributed by atoms with Crippen molar-refractivity contribution in [2.24, 2.45) is 0 Å². The summed E-state index contributed by atoms with van der Waals surface area (Å²) >= 11 is 0. The lowest BCUT2D eigenvalue weighted by Crippen LogP contribution is -2.49. The van der Waals surface area contributed by atoms with Crippen LogP contribution in [0.3, 0.4) is 0 Å². The Balaban J connectivity index is 1.51. The second kappa shape index (κ2) is 10.2. The fourth-order valence-corrected chi connectivity index (χ4v) is 5.02. The summed E-state index contributed by atoms with van der Waals surface area (Å²) in [7, 11) is 0. The number of rotatable bonds is 8. The zero-order valence-corrected chi connectivity index (χ0v) is 22.5. The first-order chi connectivity index (χ1) is 17.8. The highest BCUT2D eigenvalue weighted by molar-refractivity contribution is 5.83. The van der Waals surface area contributed by atoms with Crippen LogP contribution in [0, 0.1) is 0 Å². The lowest BCUT2D eigenvalue weighted by molar-refractivity contribution is -0.0889. The second-order valence-corrected chi connectivity index (χ2v) is 11.3. The zero-order valence-electron chi connectivity index (χ0n) is 22.5. The molecule has 0 unspecified atom stereocenters. The molecule has 2 N–H and O–H groups in total. The van der Waals surface area contributed by atoms with Gasteiger partial charge in [0.2, 0.25) is 0 Å². The van der Waals surface area contributed by atoms with Crippen LogP contribution in [0.1, 0.15) is 51.7 Å². The van der Waals surface area contributed by atoms with Crippen LogP contribution in [0.5, 0.6) is 0 Å². The van der Waals surface area contributed by atoms with E-state index in [0.29, 0.717) is 18.7 Å². The number of pyridine rings is 1. The van der Waals surface area contributed by atoms with Crippen molar-refractivity contribution in [1.82, 2.24) is 9.47 Å². The smallest absolute Gasteiger partial charge is 0.415 e. The molecule has 4 rings (SSSR count). The largest absolute Gasteiger partial charge is 0.437 e. The van der Waals surface area contributed by atoms with Crippen LogP contribution in [-0.4, -0.2) is 43.5 Å². The molecule has 1 aromatic heterocycles. The summed E-state index contributed by atoms with van der Waals surface area (Å²) in [5.41, 5.74) is 0.611. The number of aromatic nitrogens is 1. The van der Waals surface area contributed by atoms with Gasteiger partial charge in [-0.2, -0.15) is 0 Å². The van der Waals surface area contributed by atoms with E-state index in [1.54, 1.807) is 40.0 Å². The minimum absolute atomic E-state index is 0.192. The first kappa shape index (κ1) is 27.4. The average molecular weight is 517 g/mol. The summed E-state index contributed by atoms with van der Waals surface area (Å²) in [4.78, 5) is 27.3. The number of hydrogen-bond acceptors (Lipinski definition) is 5. The third-order valence-electron chi connectivity index (χ3n) is 6.69. The van der Waals surface area contributed by atoms with Gasteiger partial charge >= 0.3 is 6.09 Å². The van der Waals surface area contributed by atoms with Gasteiger partial charge in [-0.15, -0.1) is 0 Å². The van der Waals surface area contributed by atoms with Gasteiger partial charge in [0.25, 0.3) is 5.56 Å². The van der Waals surface area contributed by atoms with Gasteiger partial charge in [-0.05, 0) is 56.0 Å². The number of amides is 1. The van der Waals surface area contributed by atoms with E-state index >= 15 is 0 Å². The number of carbonyl (C=O) groups is 1. The maximum absolute atomic E-state index is 13.2. The summed E-state index contributed by atoms with van der Waals surface area (Å²) < 4.78 is 7.54. The molecule has 0 spiro atoms. The molecule has 1 aliphatic rings. The Morgan fingerprint density at radius 1 is 0.947 bits per heavy atom. The molecular weight excluding hydrogens is 480 g/mol. The van der Waals surface area contributed by atoms with Crippen molar-refractivity contribution in [3.05, 3.63) is 101 Å². The molecule has 0 aliphatic carbocycles. The monoisotopic (exact) mass is 516 g/mol. The molecule has 2 heterocycles. The molecule has 3 aromatic rings. The van der Waals surface area contributed by atoms with Gasteiger partial charge in [-0.1, -0.05) is 61.2 Å². The number of hydrogen-bond donors (Lipinski definition) is 2. The van der Waals surface area contributed by atoms with E-state index in [9.17, 15) is 19.8 Å². The average Bonchev–Trinajstić information content (AvgIpc) is 2.84. The molecule has 7 heteroatoms. The van der Waals surface area contributed by atoms with Crippen molar-refractivity contribution in [2.75, 3.05) is 6.54 Å². The first-order valence-corrected chi connectivity index (χ1v) is 12.8. The molecular formula is C31H36N2O5. The van der Waals surface area contributed by atoms with E-state index in [-0.39, 0.29) is 18.5 Å². The lowest BCUT2D eigenvalue weighted by atomic mass is 9.80. The van der Waals surface area contributed by atoms with Crippen molar-refractivity contribution < 1.29 is 19.7 Å². The van der Waals surface area contributed by atoms with Crippen LogP contribution in [0.25, 0.3) is 16.8 Å². The molecule has 38 heavy (non-hydrogen) atoms. The summed E-state index contributed by atoms with van der Waals surface area (Å²) in [5, 5.41) is 20.6. The van der Waals surface area contributed by atoms with E-state index in [2.05, 4.69) is 6.58 Å². The molecule has 2 aromatic carbocycles. The van der Waals surface area contributed by atoms with Crippen molar-refractivity contribution in [1.29, 1.82) is 0 Å². The quantitative estimate of drug-likeness (QED) is 0.432. The topological polar surface area (TPSA) is 92.0 Å². The highest BCUT2D eigenvalue weighted by Gasteiger charge is 2.45. The van der Waals surface area contributed by atoms with E-state index in [0.717, 1.165) is 22.3 Å². The molecule has 7 nitrogen and oxygen atoms in total. The summed E-state index contributed by atoms with van der Waals surface area (Å²) in [6.45, 7) is 11.5. The maximum atomic E-state index is 13.2. The highest BCUT2D eigenvalue weighted by atomic mass is 16.6. The van der Waals surface area contributed by atoms with Crippen LogP contribution in [0.15, 0.2) is 84.3 Å². The molecule has 1 amide bonds. The molecule has 0 saturated carbocycles. The van der Waals surface area contributed by atoms with Gasteiger partial charge in [-0.3, -0.25) is 9.69 Å². The normalized spacial score (nSPS) is 18.3. The Hall–Kier alpha value is -3.68. The summed E-state index contributed by atoms with van der Waals surface area (Å²) in [6.07, 6.45) is 1.96. The van der Waals surface area contributed by atoms with Crippen molar-refractivity contribution in [3.63, 3.8) is 0 Å². The van der Waals surface area contributed by atoms with Gasteiger partial charge in [0, 0.05) is 37.3 Å². The number of cyclic esters (lactones) is 1. The van der Waals surface area contributed by atoms with Gasteiger partial charge < -0.3 is 19.5 Å². The molecule has 1 aliphatic heterocycles. The molecule has 0 radical (unpaired) electrons. The van der Waals surface area contributed by atoms with E-state index in [4.69, 9.17) is 4.74 Å². The molecule has 200 valence electrons. The molecule has 0 bridgehead atoms. The number of carbonyl (C=O) groups excluding carboxylic acids is 1. The van der Waals surface area contributed by atoms with Crippen LogP contribution in [0.2, 0.25) is 0 Å². The second-order valence-electron chi connectivity index (χ2n) is 11.3.